The minimum absolute atomic E-state index is 0. The summed E-state index contributed by atoms with van der Waals surface area (Å²) >= 11 is 0. The van der Waals surface area contributed by atoms with E-state index in [1.54, 1.807) is 21.3 Å². The van der Waals surface area contributed by atoms with Gasteiger partial charge in [0.05, 0.1) is 20.3 Å². The summed E-state index contributed by atoms with van der Waals surface area (Å²) in [5.41, 5.74) is 1.32. The average molecular weight is 505 g/mol. The van der Waals surface area contributed by atoms with Crippen molar-refractivity contribution in [2.75, 3.05) is 48.0 Å². The van der Waals surface area contributed by atoms with Crippen LogP contribution in [0.3, 0.4) is 0 Å². The van der Waals surface area contributed by atoms with Gasteiger partial charge in [-0.1, -0.05) is 20.8 Å². The van der Waals surface area contributed by atoms with Crippen molar-refractivity contribution in [2.24, 2.45) is 10.4 Å². The first-order valence-corrected chi connectivity index (χ1v) is 9.53. The molecule has 0 bridgehead atoms. The largest absolute Gasteiger partial charge is 0.497 e. The topological polar surface area (TPSA) is 55.3 Å². The number of benzene rings is 1. The third kappa shape index (κ3) is 6.40. The molecule has 0 spiro atoms. The van der Waals surface area contributed by atoms with E-state index in [0.717, 1.165) is 43.5 Å². The van der Waals surface area contributed by atoms with Gasteiger partial charge in [-0.2, -0.15) is 0 Å². The Kier molecular flexibility index (Phi) is 9.83. The summed E-state index contributed by atoms with van der Waals surface area (Å²) in [6.45, 7) is 9.19. The lowest BCUT2D eigenvalue weighted by atomic mass is 9.89. The van der Waals surface area contributed by atoms with E-state index in [2.05, 4.69) is 48.1 Å². The highest BCUT2D eigenvalue weighted by Gasteiger charge is 2.29. The van der Waals surface area contributed by atoms with Crippen molar-refractivity contribution >= 4 is 29.9 Å². The van der Waals surface area contributed by atoms with Crippen LogP contribution in [0.25, 0.3) is 0 Å². The molecule has 0 amide bonds. The molecule has 0 aliphatic carbocycles. The standard InChI is InChI=1S/C21H35N3O3.HI/c1-21(2,3)19(27-7)13-23-20(22-4)24-9-8-15(14-24)16-10-17(25-5)12-18(11-16)26-6;/h10-12,15,19H,8-9,13-14H2,1-7H3,(H,22,23);1H. The number of likely N-dealkylation sites (tertiary alicyclic amines) is 1. The van der Waals surface area contributed by atoms with Gasteiger partial charge in [-0.05, 0) is 29.5 Å². The quantitative estimate of drug-likeness (QED) is 0.363. The van der Waals surface area contributed by atoms with Gasteiger partial charge < -0.3 is 24.4 Å². The molecule has 1 aliphatic heterocycles. The van der Waals surface area contributed by atoms with Gasteiger partial charge in [-0.3, -0.25) is 4.99 Å². The minimum Gasteiger partial charge on any atom is -0.497 e. The number of guanidine groups is 1. The summed E-state index contributed by atoms with van der Waals surface area (Å²) in [6, 6.07) is 6.12. The molecule has 28 heavy (non-hydrogen) atoms. The van der Waals surface area contributed by atoms with Crippen LogP contribution in [0.15, 0.2) is 23.2 Å². The number of halogens is 1. The first kappa shape index (κ1) is 24.8. The molecule has 1 aromatic carbocycles. The Morgan fingerprint density at radius 1 is 1.18 bits per heavy atom. The van der Waals surface area contributed by atoms with E-state index in [4.69, 9.17) is 14.2 Å². The molecule has 1 saturated heterocycles. The number of hydrogen-bond donors (Lipinski definition) is 1. The molecule has 0 saturated carbocycles. The lowest BCUT2D eigenvalue weighted by Gasteiger charge is -2.31. The summed E-state index contributed by atoms with van der Waals surface area (Å²) in [7, 11) is 6.98. The van der Waals surface area contributed by atoms with Crippen LogP contribution in [-0.2, 0) is 4.74 Å². The third-order valence-corrected chi connectivity index (χ3v) is 5.24. The molecule has 1 N–H and O–H groups in total. The number of rotatable bonds is 6. The number of nitrogens with one attached hydrogen (secondary N) is 1. The van der Waals surface area contributed by atoms with E-state index in [-0.39, 0.29) is 35.5 Å². The zero-order valence-corrected chi connectivity index (χ0v) is 20.6. The van der Waals surface area contributed by atoms with Crippen LogP contribution < -0.4 is 14.8 Å². The molecule has 1 heterocycles. The van der Waals surface area contributed by atoms with Crippen LogP contribution in [0, 0.1) is 5.41 Å². The number of methoxy groups -OCH3 is 3. The molecule has 1 fully saturated rings. The van der Waals surface area contributed by atoms with Crippen molar-refractivity contribution in [2.45, 2.75) is 39.2 Å². The van der Waals surface area contributed by atoms with Gasteiger partial charge in [0.2, 0.25) is 0 Å². The van der Waals surface area contributed by atoms with Crippen LogP contribution in [0.5, 0.6) is 11.5 Å². The Morgan fingerprint density at radius 2 is 1.79 bits per heavy atom. The highest BCUT2D eigenvalue weighted by Crippen LogP contribution is 2.33. The summed E-state index contributed by atoms with van der Waals surface area (Å²) in [5.74, 6) is 3.02. The summed E-state index contributed by atoms with van der Waals surface area (Å²) in [4.78, 5) is 6.79. The SMILES string of the molecule is CN=C(NCC(OC)C(C)(C)C)N1CCC(c2cc(OC)cc(OC)c2)C1.I. The maximum atomic E-state index is 5.65. The first-order valence-electron chi connectivity index (χ1n) is 9.53. The maximum Gasteiger partial charge on any atom is 0.193 e. The molecule has 2 unspecified atom stereocenters. The van der Waals surface area contributed by atoms with Crippen molar-refractivity contribution in [3.05, 3.63) is 23.8 Å². The Morgan fingerprint density at radius 3 is 2.25 bits per heavy atom. The van der Waals surface area contributed by atoms with Crippen LogP contribution in [0.4, 0.5) is 0 Å². The molecule has 7 heteroatoms. The Hall–Kier alpha value is -1.22. The minimum atomic E-state index is 0. The molecule has 0 aromatic heterocycles. The average Bonchev–Trinajstić information content (AvgIpc) is 3.13. The van der Waals surface area contributed by atoms with Gasteiger partial charge in [-0.15, -0.1) is 24.0 Å². The smallest absolute Gasteiger partial charge is 0.193 e. The van der Waals surface area contributed by atoms with Gasteiger partial charge >= 0.3 is 0 Å². The second kappa shape index (κ2) is 11.1. The number of nitrogens with zero attached hydrogens (tertiary/aromatic N) is 2. The Labute approximate surface area is 187 Å². The van der Waals surface area contributed by atoms with Crippen LogP contribution in [0.2, 0.25) is 0 Å². The van der Waals surface area contributed by atoms with E-state index in [9.17, 15) is 0 Å². The lowest BCUT2D eigenvalue weighted by Crippen LogP contribution is -2.46. The normalized spacial score (nSPS) is 18.5. The molecule has 2 rings (SSSR count). The van der Waals surface area contributed by atoms with E-state index >= 15 is 0 Å². The highest BCUT2D eigenvalue weighted by atomic mass is 127. The highest BCUT2D eigenvalue weighted by molar-refractivity contribution is 14.0. The third-order valence-electron chi connectivity index (χ3n) is 5.24. The second-order valence-corrected chi connectivity index (χ2v) is 8.10. The second-order valence-electron chi connectivity index (χ2n) is 8.10. The van der Waals surface area contributed by atoms with Crippen LogP contribution in [-0.4, -0.2) is 65.0 Å². The monoisotopic (exact) mass is 505 g/mol. The summed E-state index contributed by atoms with van der Waals surface area (Å²) in [6.07, 6.45) is 1.19. The van der Waals surface area contributed by atoms with Gasteiger partial charge in [0.25, 0.3) is 0 Å². The van der Waals surface area contributed by atoms with Crippen LogP contribution >= 0.6 is 24.0 Å². The van der Waals surface area contributed by atoms with E-state index in [1.807, 2.05) is 13.1 Å². The fourth-order valence-corrected chi connectivity index (χ4v) is 3.55. The van der Waals surface area contributed by atoms with E-state index in [0.29, 0.717) is 5.92 Å². The summed E-state index contributed by atoms with van der Waals surface area (Å²) < 4.78 is 16.5. The van der Waals surface area contributed by atoms with Crippen molar-refractivity contribution < 1.29 is 14.2 Å². The molecular weight excluding hydrogens is 469 g/mol. The van der Waals surface area contributed by atoms with E-state index in [1.165, 1.54) is 5.56 Å². The van der Waals surface area contributed by atoms with Gasteiger partial charge in [-0.25, -0.2) is 0 Å². The van der Waals surface area contributed by atoms with Crippen molar-refractivity contribution in [3.63, 3.8) is 0 Å². The Bertz CT molecular complexity index is 624. The molecule has 2 atom stereocenters. The van der Waals surface area contributed by atoms with Gasteiger partial charge in [0, 0.05) is 45.8 Å². The fraction of sp³-hybridized carbons (Fsp3) is 0.667. The first-order chi connectivity index (χ1) is 12.8. The molecule has 1 aliphatic rings. The Balaban J connectivity index is 0.00000392. The van der Waals surface area contributed by atoms with Gasteiger partial charge in [0.1, 0.15) is 11.5 Å². The zero-order chi connectivity index (χ0) is 20.0. The van der Waals surface area contributed by atoms with Crippen molar-refractivity contribution in [1.82, 2.24) is 10.2 Å². The van der Waals surface area contributed by atoms with E-state index < -0.39 is 0 Å². The molecule has 1 aromatic rings. The predicted molar refractivity (Wildman–Crippen MR) is 126 cm³/mol. The number of hydrogen-bond acceptors (Lipinski definition) is 4. The van der Waals surface area contributed by atoms with Gasteiger partial charge in [0.15, 0.2) is 5.96 Å². The molecule has 0 radical (unpaired) electrons. The molecular formula is C21H36IN3O3. The van der Waals surface area contributed by atoms with Crippen molar-refractivity contribution in [1.29, 1.82) is 0 Å². The fourth-order valence-electron chi connectivity index (χ4n) is 3.55. The van der Waals surface area contributed by atoms with Crippen molar-refractivity contribution in [3.8, 4) is 11.5 Å². The van der Waals surface area contributed by atoms with Crippen LogP contribution in [0.1, 0.15) is 38.7 Å². The summed E-state index contributed by atoms with van der Waals surface area (Å²) in [5, 5.41) is 3.49. The zero-order valence-electron chi connectivity index (χ0n) is 18.2. The maximum absolute atomic E-state index is 5.65. The number of ether oxygens (including phenoxy) is 3. The lowest BCUT2D eigenvalue weighted by molar-refractivity contribution is 0.0202. The number of aliphatic imine (C=N–C) groups is 1. The predicted octanol–water partition coefficient (Wildman–Crippen LogP) is 3.75. The molecule has 160 valence electrons. The molecule has 6 nitrogen and oxygen atoms in total.